The number of ether oxygens (including phenoxy) is 4. The molecule has 0 aliphatic carbocycles. The zero-order valence-electron chi connectivity index (χ0n) is 16.4. The molecule has 0 aromatic heterocycles. The Morgan fingerprint density at radius 1 is 0.533 bits per heavy atom. The number of rotatable bonds is 10. The van der Waals surface area contributed by atoms with Crippen LogP contribution in [0.3, 0.4) is 0 Å². The average molecular weight is 406 g/mol. The van der Waals surface area contributed by atoms with E-state index in [0.29, 0.717) is 24.7 Å². The summed E-state index contributed by atoms with van der Waals surface area (Å²) in [5.74, 6) is -0.346. The molecule has 0 heterocycles. The van der Waals surface area contributed by atoms with E-state index >= 15 is 0 Å². The third-order valence-electron chi connectivity index (χ3n) is 3.95. The van der Waals surface area contributed by atoms with Gasteiger partial charge in [0.2, 0.25) is 0 Å². The van der Waals surface area contributed by atoms with Crippen molar-refractivity contribution in [3.05, 3.63) is 96.1 Å². The van der Waals surface area contributed by atoms with Crippen LogP contribution in [-0.2, 0) is 32.3 Å². The van der Waals surface area contributed by atoms with Crippen LogP contribution in [0, 0.1) is 0 Å². The van der Waals surface area contributed by atoms with Crippen LogP contribution in [0.2, 0.25) is 0 Å². The molecule has 0 bridgehead atoms. The van der Waals surface area contributed by atoms with E-state index in [1.807, 2.05) is 60.7 Å². The van der Waals surface area contributed by atoms with Crippen molar-refractivity contribution in [3.63, 3.8) is 0 Å². The molecule has 0 unspecified atom stereocenters. The lowest BCUT2D eigenvalue weighted by Crippen LogP contribution is -2.16. The first kappa shape index (κ1) is 21.2. The zero-order chi connectivity index (χ0) is 21.0. The van der Waals surface area contributed by atoms with Crippen molar-refractivity contribution in [2.45, 2.75) is 13.2 Å². The predicted octanol–water partition coefficient (Wildman–Crippen LogP) is 3.93. The highest BCUT2D eigenvalue weighted by atomic mass is 16.6. The highest BCUT2D eigenvalue weighted by Crippen LogP contribution is 2.18. The van der Waals surface area contributed by atoms with Gasteiger partial charge in [0.25, 0.3) is 0 Å². The summed E-state index contributed by atoms with van der Waals surface area (Å²) in [6.45, 7) is 0.336. The zero-order valence-corrected chi connectivity index (χ0v) is 16.4. The molecule has 0 saturated carbocycles. The van der Waals surface area contributed by atoms with Gasteiger partial charge in [-0.3, -0.25) is 0 Å². The van der Waals surface area contributed by atoms with Crippen molar-refractivity contribution in [3.8, 4) is 11.5 Å². The van der Waals surface area contributed by atoms with Crippen LogP contribution in [-0.4, -0.2) is 25.2 Å². The Kier molecular flexibility index (Phi) is 8.14. The lowest BCUT2D eigenvalue weighted by molar-refractivity contribution is -0.141. The van der Waals surface area contributed by atoms with Crippen LogP contribution in [0.1, 0.15) is 11.1 Å². The molecule has 3 aromatic rings. The van der Waals surface area contributed by atoms with Crippen LogP contribution < -0.4 is 9.47 Å². The molecule has 30 heavy (non-hydrogen) atoms. The second-order valence-electron chi connectivity index (χ2n) is 6.38. The first-order valence-corrected chi connectivity index (χ1v) is 9.44. The highest BCUT2D eigenvalue weighted by Gasteiger charge is 2.08. The lowest BCUT2D eigenvalue weighted by Gasteiger charge is -2.08. The van der Waals surface area contributed by atoms with Crippen molar-refractivity contribution in [1.82, 2.24) is 0 Å². The van der Waals surface area contributed by atoms with Gasteiger partial charge in [0.1, 0.15) is 24.7 Å². The molecule has 0 aliphatic rings. The third-order valence-corrected chi connectivity index (χ3v) is 3.95. The van der Waals surface area contributed by atoms with Crippen LogP contribution in [0.5, 0.6) is 11.5 Å². The molecular weight excluding hydrogens is 384 g/mol. The fourth-order valence-electron chi connectivity index (χ4n) is 2.55. The largest absolute Gasteiger partial charge is 0.425 e. The van der Waals surface area contributed by atoms with Crippen molar-refractivity contribution in [1.29, 1.82) is 0 Å². The highest BCUT2D eigenvalue weighted by molar-refractivity contribution is 5.74. The minimum absolute atomic E-state index is 0.162. The SMILES string of the molecule is O=C(COCc1ccccc1)Oc1ccc(OC(=O)COCc2ccccc2)cc1. The van der Waals surface area contributed by atoms with Gasteiger partial charge in [-0.05, 0) is 35.4 Å². The molecule has 0 saturated heterocycles. The normalized spacial score (nSPS) is 10.4. The van der Waals surface area contributed by atoms with E-state index in [0.717, 1.165) is 11.1 Å². The maximum Gasteiger partial charge on any atom is 0.337 e. The lowest BCUT2D eigenvalue weighted by atomic mass is 10.2. The number of hydrogen-bond donors (Lipinski definition) is 0. The van der Waals surface area contributed by atoms with Gasteiger partial charge in [-0.1, -0.05) is 60.7 Å². The summed E-state index contributed by atoms with van der Waals surface area (Å²) in [7, 11) is 0. The van der Waals surface area contributed by atoms with Gasteiger partial charge in [0.15, 0.2) is 0 Å². The minimum Gasteiger partial charge on any atom is -0.425 e. The Labute approximate surface area is 175 Å². The number of benzene rings is 3. The van der Waals surface area contributed by atoms with E-state index in [4.69, 9.17) is 18.9 Å². The minimum atomic E-state index is -0.509. The standard InChI is InChI=1S/C24H22O6/c25-23(17-27-15-19-7-3-1-4-8-19)29-21-11-13-22(14-12-21)30-24(26)18-28-16-20-9-5-2-6-10-20/h1-14H,15-18H2. The number of hydrogen-bond acceptors (Lipinski definition) is 6. The molecule has 154 valence electrons. The van der Waals surface area contributed by atoms with Crippen molar-refractivity contribution in [2.24, 2.45) is 0 Å². The molecule has 0 N–H and O–H groups in total. The molecule has 0 amide bonds. The Bertz CT molecular complexity index is 844. The van der Waals surface area contributed by atoms with E-state index in [1.54, 1.807) is 24.3 Å². The first-order chi connectivity index (χ1) is 14.7. The van der Waals surface area contributed by atoms with Gasteiger partial charge in [-0.15, -0.1) is 0 Å². The van der Waals surface area contributed by atoms with Crippen molar-refractivity contribution >= 4 is 11.9 Å². The summed E-state index contributed by atoms with van der Waals surface area (Å²) in [5, 5.41) is 0. The van der Waals surface area contributed by atoms with Crippen LogP contribution in [0.25, 0.3) is 0 Å². The van der Waals surface area contributed by atoms with E-state index in [1.165, 1.54) is 0 Å². The summed E-state index contributed by atoms with van der Waals surface area (Å²) in [4.78, 5) is 23.7. The number of esters is 2. The predicted molar refractivity (Wildman–Crippen MR) is 110 cm³/mol. The molecule has 6 heteroatoms. The molecule has 0 spiro atoms. The maximum atomic E-state index is 11.9. The van der Waals surface area contributed by atoms with E-state index in [9.17, 15) is 9.59 Å². The topological polar surface area (TPSA) is 71.1 Å². The molecule has 3 aromatic carbocycles. The fourth-order valence-corrected chi connectivity index (χ4v) is 2.55. The second-order valence-corrected chi connectivity index (χ2v) is 6.38. The molecule has 0 atom stereocenters. The van der Waals surface area contributed by atoms with E-state index in [2.05, 4.69) is 0 Å². The molecule has 0 aliphatic heterocycles. The maximum absolute atomic E-state index is 11.9. The molecule has 0 radical (unpaired) electrons. The Balaban J connectivity index is 1.35. The van der Waals surface area contributed by atoms with Gasteiger partial charge in [-0.2, -0.15) is 0 Å². The van der Waals surface area contributed by atoms with Gasteiger partial charge in [0.05, 0.1) is 13.2 Å². The van der Waals surface area contributed by atoms with Crippen LogP contribution in [0.15, 0.2) is 84.9 Å². The molecule has 0 fully saturated rings. The van der Waals surface area contributed by atoms with E-state index in [-0.39, 0.29) is 13.2 Å². The Morgan fingerprint density at radius 3 is 1.27 bits per heavy atom. The van der Waals surface area contributed by atoms with Crippen LogP contribution in [0.4, 0.5) is 0 Å². The number of carbonyl (C=O) groups excluding carboxylic acids is 2. The van der Waals surface area contributed by atoms with Gasteiger partial charge in [0, 0.05) is 0 Å². The quantitative estimate of drug-likeness (QED) is 0.375. The summed E-state index contributed by atoms with van der Waals surface area (Å²) in [6.07, 6.45) is 0. The number of carbonyl (C=O) groups is 2. The second kappa shape index (κ2) is 11.5. The van der Waals surface area contributed by atoms with Crippen molar-refractivity contribution < 1.29 is 28.5 Å². The van der Waals surface area contributed by atoms with Crippen molar-refractivity contribution in [2.75, 3.05) is 13.2 Å². The Morgan fingerprint density at radius 2 is 0.900 bits per heavy atom. The summed E-state index contributed by atoms with van der Waals surface area (Å²) in [6, 6.07) is 25.3. The summed E-state index contributed by atoms with van der Waals surface area (Å²) >= 11 is 0. The van der Waals surface area contributed by atoms with Gasteiger partial charge < -0.3 is 18.9 Å². The van der Waals surface area contributed by atoms with Crippen LogP contribution >= 0.6 is 0 Å². The van der Waals surface area contributed by atoms with Gasteiger partial charge >= 0.3 is 11.9 Å². The molecule has 6 nitrogen and oxygen atoms in total. The first-order valence-electron chi connectivity index (χ1n) is 9.44. The smallest absolute Gasteiger partial charge is 0.337 e. The Hall–Kier alpha value is -3.48. The average Bonchev–Trinajstić information content (AvgIpc) is 2.77. The molecular formula is C24H22O6. The molecule has 3 rings (SSSR count). The van der Waals surface area contributed by atoms with Gasteiger partial charge in [-0.25, -0.2) is 9.59 Å². The summed E-state index contributed by atoms with van der Waals surface area (Å²) < 4.78 is 21.1. The third kappa shape index (κ3) is 7.50. The summed E-state index contributed by atoms with van der Waals surface area (Å²) in [5.41, 5.74) is 1.95. The fraction of sp³-hybridized carbons (Fsp3) is 0.167. The monoisotopic (exact) mass is 406 g/mol. The van der Waals surface area contributed by atoms with E-state index < -0.39 is 11.9 Å².